The van der Waals surface area contributed by atoms with Crippen LogP contribution in [0, 0.1) is 6.92 Å². The van der Waals surface area contributed by atoms with Gasteiger partial charge in [-0.05, 0) is 36.6 Å². The van der Waals surface area contributed by atoms with Crippen LogP contribution in [0.4, 0.5) is 0 Å². The van der Waals surface area contributed by atoms with Crippen LogP contribution in [0.1, 0.15) is 16.7 Å². The fourth-order valence-corrected chi connectivity index (χ4v) is 2.86. The van der Waals surface area contributed by atoms with Crippen molar-refractivity contribution in [1.29, 1.82) is 0 Å². The Bertz CT molecular complexity index is 605. The quantitative estimate of drug-likeness (QED) is 0.879. The van der Waals surface area contributed by atoms with E-state index in [1.165, 1.54) is 0 Å². The molecule has 0 atom stereocenters. The Morgan fingerprint density at radius 1 is 0.952 bits per heavy atom. The summed E-state index contributed by atoms with van der Waals surface area (Å²) in [6, 6.07) is 13.1. The van der Waals surface area contributed by atoms with Crippen molar-refractivity contribution in [2.24, 2.45) is 0 Å². The van der Waals surface area contributed by atoms with Crippen LogP contribution in [0.2, 0.25) is 10.0 Å². The Labute approximate surface area is 135 Å². The summed E-state index contributed by atoms with van der Waals surface area (Å²) < 4.78 is 0. The van der Waals surface area contributed by atoms with Crippen LogP contribution in [0.15, 0.2) is 42.5 Å². The van der Waals surface area contributed by atoms with Crippen LogP contribution in [-0.2, 0) is 11.8 Å². The summed E-state index contributed by atoms with van der Waals surface area (Å²) in [5, 5.41) is 20.9. The summed E-state index contributed by atoms with van der Waals surface area (Å²) in [5.74, 6) is 0. The van der Waals surface area contributed by atoms with Crippen molar-refractivity contribution < 1.29 is 10.2 Å². The van der Waals surface area contributed by atoms with E-state index < -0.39 is 5.41 Å². The van der Waals surface area contributed by atoms with Crippen molar-refractivity contribution in [2.75, 3.05) is 13.2 Å². The largest absolute Gasteiger partial charge is 0.395 e. The van der Waals surface area contributed by atoms with Crippen molar-refractivity contribution >= 4 is 23.2 Å². The smallest absolute Gasteiger partial charge is 0.0553 e. The highest BCUT2D eigenvalue weighted by atomic mass is 35.5. The van der Waals surface area contributed by atoms with Gasteiger partial charge in [-0.15, -0.1) is 0 Å². The molecule has 0 fully saturated rings. The third-order valence-corrected chi connectivity index (χ3v) is 4.40. The van der Waals surface area contributed by atoms with E-state index in [0.717, 1.165) is 16.7 Å². The van der Waals surface area contributed by atoms with Gasteiger partial charge in [0.15, 0.2) is 0 Å². The zero-order chi connectivity index (χ0) is 15.5. The lowest BCUT2D eigenvalue weighted by molar-refractivity contribution is 0.116. The summed E-state index contributed by atoms with van der Waals surface area (Å²) in [5.41, 5.74) is 2.12. The van der Waals surface area contributed by atoms with E-state index in [2.05, 4.69) is 0 Å². The Morgan fingerprint density at radius 3 is 2.10 bits per heavy atom. The van der Waals surface area contributed by atoms with Crippen molar-refractivity contribution in [3.05, 3.63) is 69.2 Å². The van der Waals surface area contributed by atoms with Crippen molar-refractivity contribution in [1.82, 2.24) is 0 Å². The van der Waals surface area contributed by atoms with E-state index in [0.29, 0.717) is 16.5 Å². The first-order valence-corrected chi connectivity index (χ1v) is 7.49. The van der Waals surface area contributed by atoms with E-state index in [4.69, 9.17) is 23.2 Å². The third-order valence-electron chi connectivity index (χ3n) is 3.81. The first-order valence-electron chi connectivity index (χ1n) is 6.73. The van der Waals surface area contributed by atoms with Gasteiger partial charge in [0.25, 0.3) is 0 Å². The van der Waals surface area contributed by atoms with E-state index in [9.17, 15) is 10.2 Å². The minimum Gasteiger partial charge on any atom is -0.395 e. The van der Waals surface area contributed by atoms with Crippen LogP contribution < -0.4 is 0 Å². The SMILES string of the molecule is Cc1ccc(C(CO)(CO)Cc2ccc(Cl)cc2Cl)cc1. The van der Waals surface area contributed by atoms with E-state index in [-0.39, 0.29) is 13.2 Å². The molecule has 0 saturated heterocycles. The number of hydrogen-bond donors (Lipinski definition) is 2. The van der Waals surface area contributed by atoms with Gasteiger partial charge in [-0.1, -0.05) is 59.1 Å². The zero-order valence-corrected chi connectivity index (χ0v) is 13.3. The van der Waals surface area contributed by atoms with Crippen molar-refractivity contribution in [3.63, 3.8) is 0 Å². The van der Waals surface area contributed by atoms with Crippen LogP contribution in [0.3, 0.4) is 0 Å². The van der Waals surface area contributed by atoms with Gasteiger partial charge >= 0.3 is 0 Å². The second-order valence-electron chi connectivity index (χ2n) is 5.38. The fourth-order valence-electron chi connectivity index (χ4n) is 2.38. The maximum absolute atomic E-state index is 9.88. The maximum atomic E-state index is 9.88. The molecule has 0 aromatic heterocycles. The molecule has 0 aliphatic rings. The molecule has 112 valence electrons. The Kier molecular flexibility index (Phi) is 5.28. The van der Waals surface area contributed by atoms with E-state index in [1.807, 2.05) is 37.3 Å². The molecule has 0 aliphatic heterocycles. The standard InChI is InChI=1S/C17H18Cl2O2/c1-12-2-5-14(6-3-12)17(10-20,11-21)9-13-4-7-15(18)8-16(13)19/h2-8,20-21H,9-11H2,1H3. The van der Waals surface area contributed by atoms with Gasteiger partial charge in [-0.2, -0.15) is 0 Å². The molecule has 0 radical (unpaired) electrons. The second kappa shape index (κ2) is 6.80. The molecule has 21 heavy (non-hydrogen) atoms. The Balaban J connectivity index is 2.40. The maximum Gasteiger partial charge on any atom is 0.0553 e. The minimum absolute atomic E-state index is 0.161. The van der Waals surface area contributed by atoms with Gasteiger partial charge in [0.1, 0.15) is 0 Å². The lowest BCUT2D eigenvalue weighted by Crippen LogP contribution is -2.37. The van der Waals surface area contributed by atoms with Crippen LogP contribution >= 0.6 is 23.2 Å². The van der Waals surface area contributed by atoms with Gasteiger partial charge in [-0.25, -0.2) is 0 Å². The molecule has 0 unspecified atom stereocenters. The molecule has 0 bridgehead atoms. The van der Waals surface area contributed by atoms with Crippen molar-refractivity contribution in [2.45, 2.75) is 18.8 Å². The summed E-state index contributed by atoms with van der Waals surface area (Å²) in [6.07, 6.45) is 0.444. The molecule has 2 N–H and O–H groups in total. The number of rotatable bonds is 5. The van der Waals surface area contributed by atoms with Crippen LogP contribution in [-0.4, -0.2) is 23.4 Å². The van der Waals surface area contributed by atoms with Gasteiger partial charge in [0.2, 0.25) is 0 Å². The summed E-state index contributed by atoms with van der Waals surface area (Å²) in [6.45, 7) is 1.68. The van der Waals surface area contributed by atoms with Crippen molar-refractivity contribution in [3.8, 4) is 0 Å². The van der Waals surface area contributed by atoms with E-state index in [1.54, 1.807) is 12.1 Å². The van der Waals surface area contributed by atoms with Gasteiger partial charge in [0, 0.05) is 15.5 Å². The molecule has 2 aromatic carbocycles. The highest BCUT2D eigenvalue weighted by Gasteiger charge is 2.32. The number of aliphatic hydroxyl groups is 2. The first kappa shape index (κ1) is 16.3. The second-order valence-corrected chi connectivity index (χ2v) is 6.22. The Morgan fingerprint density at radius 2 is 1.57 bits per heavy atom. The normalized spacial score (nSPS) is 11.7. The van der Waals surface area contributed by atoms with Crippen LogP contribution in [0.25, 0.3) is 0 Å². The average molecular weight is 325 g/mol. The molecule has 0 amide bonds. The summed E-state index contributed by atoms with van der Waals surface area (Å²) in [7, 11) is 0. The molecule has 2 nitrogen and oxygen atoms in total. The Hall–Kier alpha value is -1.06. The number of benzene rings is 2. The monoisotopic (exact) mass is 324 g/mol. The fraction of sp³-hybridized carbons (Fsp3) is 0.294. The molecular formula is C17H18Cl2O2. The predicted octanol–water partition coefficient (Wildman–Crippen LogP) is 3.77. The van der Waals surface area contributed by atoms with Gasteiger partial charge in [0.05, 0.1) is 13.2 Å². The highest BCUT2D eigenvalue weighted by molar-refractivity contribution is 6.35. The number of halogens is 2. The molecule has 2 aromatic rings. The first-order chi connectivity index (χ1) is 10.0. The molecule has 0 aliphatic carbocycles. The lowest BCUT2D eigenvalue weighted by atomic mass is 9.76. The number of aryl methyl sites for hydroxylation is 1. The molecule has 4 heteroatoms. The number of aliphatic hydroxyl groups excluding tert-OH is 2. The van der Waals surface area contributed by atoms with Crippen LogP contribution in [0.5, 0.6) is 0 Å². The number of hydrogen-bond acceptors (Lipinski definition) is 2. The highest BCUT2D eigenvalue weighted by Crippen LogP contribution is 2.32. The minimum atomic E-state index is -0.759. The summed E-state index contributed by atoms with van der Waals surface area (Å²) in [4.78, 5) is 0. The molecular weight excluding hydrogens is 307 g/mol. The van der Waals surface area contributed by atoms with Gasteiger partial charge in [-0.3, -0.25) is 0 Å². The zero-order valence-electron chi connectivity index (χ0n) is 11.8. The lowest BCUT2D eigenvalue weighted by Gasteiger charge is -2.31. The molecule has 0 spiro atoms. The third kappa shape index (κ3) is 3.58. The molecule has 2 rings (SSSR count). The predicted molar refractivity (Wildman–Crippen MR) is 87.2 cm³/mol. The summed E-state index contributed by atoms with van der Waals surface area (Å²) >= 11 is 12.1. The average Bonchev–Trinajstić information content (AvgIpc) is 2.48. The van der Waals surface area contributed by atoms with Gasteiger partial charge < -0.3 is 10.2 Å². The van der Waals surface area contributed by atoms with E-state index >= 15 is 0 Å². The molecule has 0 saturated carbocycles. The molecule has 0 heterocycles. The topological polar surface area (TPSA) is 40.5 Å².